The number of hydrogen-bond donors (Lipinski definition) is 1. The summed E-state index contributed by atoms with van der Waals surface area (Å²) in [6.45, 7) is 0. The maximum Gasteiger partial charge on any atom is 0.166 e. The Bertz CT molecular complexity index is 630. The summed E-state index contributed by atoms with van der Waals surface area (Å²) in [4.78, 5) is 16.8. The van der Waals surface area contributed by atoms with E-state index in [-0.39, 0.29) is 11.3 Å². The molecule has 0 radical (unpaired) electrons. The van der Waals surface area contributed by atoms with Crippen molar-refractivity contribution in [2.75, 3.05) is 0 Å². The highest BCUT2D eigenvalue weighted by molar-refractivity contribution is 5.99. The SMILES string of the molecule is NC1(CC(=O)c2cnc3ccccc3c2)CCCCC1. The third kappa shape index (κ3) is 2.73. The third-order valence-electron chi connectivity index (χ3n) is 4.27. The molecule has 0 atom stereocenters. The Morgan fingerprint density at radius 1 is 1.20 bits per heavy atom. The maximum atomic E-state index is 12.4. The summed E-state index contributed by atoms with van der Waals surface area (Å²) in [6, 6.07) is 9.78. The van der Waals surface area contributed by atoms with Crippen molar-refractivity contribution in [1.29, 1.82) is 0 Å². The minimum atomic E-state index is -0.305. The van der Waals surface area contributed by atoms with Crippen LogP contribution in [0.2, 0.25) is 0 Å². The molecule has 0 amide bonds. The lowest BCUT2D eigenvalue weighted by Gasteiger charge is -2.32. The molecule has 3 heteroatoms. The van der Waals surface area contributed by atoms with Gasteiger partial charge in [-0.1, -0.05) is 37.5 Å². The van der Waals surface area contributed by atoms with Crippen LogP contribution in [0.4, 0.5) is 0 Å². The fourth-order valence-electron chi connectivity index (χ4n) is 3.08. The Hall–Kier alpha value is -1.74. The molecule has 2 N–H and O–H groups in total. The van der Waals surface area contributed by atoms with Gasteiger partial charge in [-0.2, -0.15) is 0 Å². The van der Waals surface area contributed by atoms with Gasteiger partial charge < -0.3 is 5.73 Å². The van der Waals surface area contributed by atoms with Crippen LogP contribution in [0.5, 0.6) is 0 Å². The molecule has 0 spiro atoms. The topological polar surface area (TPSA) is 56.0 Å². The van der Waals surface area contributed by atoms with Crippen LogP contribution in [0.3, 0.4) is 0 Å². The van der Waals surface area contributed by atoms with Crippen LogP contribution in [0, 0.1) is 0 Å². The van der Waals surface area contributed by atoms with Crippen LogP contribution in [-0.2, 0) is 0 Å². The van der Waals surface area contributed by atoms with E-state index >= 15 is 0 Å². The van der Waals surface area contributed by atoms with Crippen LogP contribution in [0.1, 0.15) is 48.9 Å². The summed E-state index contributed by atoms with van der Waals surface area (Å²) in [5.74, 6) is 0.118. The lowest BCUT2D eigenvalue weighted by atomic mass is 9.78. The molecule has 0 aliphatic heterocycles. The van der Waals surface area contributed by atoms with Crippen molar-refractivity contribution in [1.82, 2.24) is 4.98 Å². The van der Waals surface area contributed by atoms with Crippen LogP contribution in [0.15, 0.2) is 36.5 Å². The molecule has 1 fully saturated rings. The summed E-state index contributed by atoms with van der Waals surface area (Å²) in [5.41, 5.74) is 7.66. The first-order chi connectivity index (χ1) is 9.66. The number of nitrogens with two attached hydrogens (primary N) is 1. The molecule has 1 saturated carbocycles. The fourth-order valence-corrected chi connectivity index (χ4v) is 3.08. The second-order valence-electron chi connectivity index (χ2n) is 5.94. The summed E-state index contributed by atoms with van der Waals surface area (Å²) >= 11 is 0. The minimum Gasteiger partial charge on any atom is -0.325 e. The smallest absolute Gasteiger partial charge is 0.166 e. The average Bonchev–Trinajstić information content (AvgIpc) is 2.47. The minimum absolute atomic E-state index is 0.118. The highest BCUT2D eigenvalue weighted by Crippen LogP contribution is 2.30. The van der Waals surface area contributed by atoms with E-state index in [1.54, 1.807) is 6.20 Å². The molecule has 0 bridgehead atoms. The first-order valence-corrected chi connectivity index (χ1v) is 7.33. The van der Waals surface area contributed by atoms with Gasteiger partial charge in [0.15, 0.2) is 5.78 Å². The van der Waals surface area contributed by atoms with E-state index < -0.39 is 0 Å². The number of carbonyl (C=O) groups is 1. The van der Waals surface area contributed by atoms with E-state index in [0.717, 1.165) is 36.6 Å². The van der Waals surface area contributed by atoms with E-state index in [2.05, 4.69) is 4.98 Å². The van der Waals surface area contributed by atoms with E-state index in [4.69, 9.17) is 5.73 Å². The quantitative estimate of drug-likeness (QED) is 0.867. The molecule has 1 aromatic heterocycles. The van der Waals surface area contributed by atoms with Gasteiger partial charge in [-0.3, -0.25) is 9.78 Å². The molecule has 0 saturated heterocycles. The Labute approximate surface area is 119 Å². The molecule has 3 rings (SSSR count). The van der Waals surface area contributed by atoms with E-state index in [1.165, 1.54) is 6.42 Å². The third-order valence-corrected chi connectivity index (χ3v) is 4.27. The summed E-state index contributed by atoms with van der Waals surface area (Å²) in [7, 11) is 0. The van der Waals surface area contributed by atoms with Crippen molar-refractivity contribution >= 4 is 16.7 Å². The molecule has 1 aliphatic rings. The van der Waals surface area contributed by atoms with Crippen molar-refractivity contribution in [3.8, 4) is 0 Å². The lowest BCUT2D eigenvalue weighted by Crippen LogP contribution is -2.43. The van der Waals surface area contributed by atoms with E-state index in [1.807, 2.05) is 30.3 Å². The number of rotatable bonds is 3. The zero-order chi connectivity index (χ0) is 14.0. The zero-order valence-electron chi connectivity index (χ0n) is 11.6. The van der Waals surface area contributed by atoms with Crippen molar-refractivity contribution in [3.63, 3.8) is 0 Å². The number of aromatic nitrogens is 1. The molecule has 2 aromatic rings. The first kappa shape index (κ1) is 13.3. The molecule has 1 aromatic carbocycles. The largest absolute Gasteiger partial charge is 0.325 e. The van der Waals surface area contributed by atoms with Gasteiger partial charge in [0, 0.05) is 29.1 Å². The first-order valence-electron chi connectivity index (χ1n) is 7.33. The number of para-hydroxylation sites is 1. The molecule has 20 heavy (non-hydrogen) atoms. The maximum absolute atomic E-state index is 12.4. The van der Waals surface area contributed by atoms with Crippen LogP contribution in [0.25, 0.3) is 10.9 Å². The molecule has 104 valence electrons. The van der Waals surface area contributed by atoms with Gasteiger partial charge in [0.25, 0.3) is 0 Å². The standard InChI is InChI=1S/C17H20N2O/c18-17(8-4-1-5-9-17)11-16(20)14-10-13-6-2-3-7-15(13)19-12-14/h2-3,6-7,10,12H,1,4-5,8-9,11,18H2. The lowest BCUT2D eigenvalue weighted by molar-refractivity contribution is 0.0934. The fraction of sp³-hybridized carbons (Fsp3) is 0.412. The molecule has 1 heterocycles. The van der Waals surface area contributed by atoms with Gasteiger partial charge in [0.2, 0.25) is 0 Å². The summed E-state index contributed by atoms with van der Waals surface area (Å²) in [6.07, 6.45) is 7.55. The number of nitrogens with zero attached hydrogens (tertiary/aromatic N) is 1. The Balaban J connectivity index is 1.81. The molecule has 3 nitrogen and oxygen atoms in total. The second-order valence-corrected chi connectivity index (χ2v) is 5.94. The second kappa shape index (κ2) is 5.33. The Kier molecular flexibility index (Phi) is 3.53. The number of ketones is 1. The normalized spacial score (nSPS) is 18.1. The van der Waals surface area contributed by atoms with Crippen molar-refractivity contribution in [2.24, 2.45) is 5.73 Å². The summed E-state index contributed by atoms with van der Waals surface area (Å²) < 4.78 is 0. The van der Waals surface area contributed by atoms with Gasteiger partial charge in [0.05, 0.1) is 5.52 Å². The monoisotopic (exact) mass is 268 g/mol. The average molecular weight is 268 g/mol. The van der Waals surface area contributed by atoms with Gasteiger partial charge in [-0.15, -0.1) is 0 Å². The number of pyridine rings is 1. The predicted molar refractivity (Wildman–Crippen MR) is 80.7 cm³/mol. The van der Waals surface area contributed by atoms with Gasteiger partial charge >= 0.3 is 0 Å². The Morgan fingerprint density at radius 2 is 1.95 bits per heavy atom. The van der Waals surface area contributed by atoms with Gasteiger partial charge in [-0.05, 0) is 25.0 Å². The van der Waals surface area contributed by atoms with Crippen LogP contribution < -0.4 is 5.73 Å². The van der Waals surface area contributed by atoms with Crippen LogP contribution >= 0.6 is 0 Å². The molecule has 1 aliphatic carbocycles. The number of Topliss-reactive ketones (excluding diaryl/α,β-unsaturated/α-hetero) is 1. The number of fused-ring (bicyclic) bond motifs is 1. The Morgan fingerprint density at radius 3 is 2.75 bits per heavy atom. The zero-order valence-corrected chi connectivity index (χ0v) is 11.6. The predicted octanol–water partition coefficient (Wildman–Crippen LogP) is 3.47. The number of carbonyl (C=O) groups excluding carboxylic acids is 1. The van der Waals surface area contributed by atoms with Crippen LogP contribution in [-0.4, -0.2) is 16.3 Å². The van der Waals surface area contributed by atoms with Gasteiger partial charge in [0.1, 0.15) is 0 Å². The number of benzene rings is 1. The van der Waals surface area contributed by atoms with Crippen molar-refractivity contribution in [3.05, 3.63) is 42.1 Å². The highest BCUT2D eigenvalue weighted by atomic mass is 16.1. The molecular formula is C17H20N2O. The van der Waals surface area contributed by atoms with E-state index in [9.17, 15) is 4.79 Å². The van der Waals surface area contributed by atoms with Gasteiger partial charge in [-0.25, -0.2) is 0 Å². The van der Waals surface area contributed by atoms with E-state index in [0.29, 0.717) is 12.0 Å². The van der Waals surface area contributed by atoms with Crippen molar-refractivity contribution < 1.29 is 4.79 Å². The van der Waals surface area contributed by atoms with Crippen molar-refractivity contribution in [2.45, 2.75) is 44.1 Å². The molecule has 0 unspecified atom stereocenters. The number of hydrogen-bond acceptors (Lipinski definition) is 3. The molecular weight excluding hydrogens is 248 g/mol. The highest BCUT2D eigenvalue weighted by Gasteiger charge is 2.30. The summed E-state index contributed by atoms with van der Waals surface area (Å²) in [5, 5.41) is 1.01.